The number of rotatable bonds is 3. The van der Waals surface area contributed by atoms with Crippen molar-refractivity contribution in [1.82, 2.24) is 4.90 Å². The molecule has 2 heteroatoms. The zero-order valence-corrected chi connectivity index (χ0v) is 11.3. The monoisotopic (exact) mass is 232 g/mol. The van der Waals surface area contributed by atoms with Crippen molar-refractivity contribution in [2.75, 3.05) is 18.8 Å². The standard InChI is InChI=1S/C15H24N2/c1-4-5-8-17-10-12-9-13(16)6-7-14(12)15(2,3)11-17/h6-7,9H,4-5,8,10-11,16H2,1-3H3. The second-order valence-electron chi connectivity index (χ2n) is 5.86. The molecule has 0 fully saturated rings. The van der Waals surface area contributed by atoms with E-state index in [2.05, 4.69) is 37.8 Å². The van der Waals surface area contributed by atoms with E-state index in [0.29, 0.717) is 0 Å². The Morgan fingerprint density at radius 2 is 2.12 bits per heavy atom. The number of benzene rings is 1. The summed E-state index contributed by atoms with van der Waals surface area (Å²) in [7, 11) is 0. The average molecular weight is 232 g/mol. The molecule has 0 saturated heterocycles. The van der Waals surface area contributed by atoms with Gasteiger partial charge in [-0.1, -0.05) is 33.3 Å². The summed E-state index contributed by atoms with van der Waals surface area (Å²) in [4.78, 5) is 2.56. The van der Waals surface area contributed by atoms with Crippen molar-refractivity contribution >= 4 is 5.69 Å². The van der Waals surface area contributed by atoms with Crippen molar-refractivity contribution in [1.29, 1.82) is 0 Å². The van der Waals surface area contributed by atoms with Crippen LogP contribution in [0.25, 0.3) is 0 Å². The molecule has 0 aromatic heterocycles. The minimum atomic E-state index is 0.245. The van der Waals surface area contributed by atoms with E-state index in [-0.39, 0.29) is 5.41 Å². The van der Waals surface area contributed by atoms with Crippen LogP contribution in [0, 0.1) is 0 Å². The van der Waals surface area contributed by atoms with Gasteiger partial charge < -0.3 is 5.73 Å². The predicted octanol–water partition coefficient (Wildman–Crippen LogP) is 3.16. The lowest BCUT2D eigenvalue weighted by molar-refractivity contribution is 0.192. The van der Waals surface area contributed by atoms with Crippen LogP contribution >= 0.6 is 0 Å². The summed E-state index contributed by atoms with van der Waals surface area (Å²) in [6, 6.07) is 6.39. The lowest BCUT2D eigenvalue weighted by Gasteiger charge is -2.40. The topological polar surface area (TPSA) is 29.3 Å². The maximum absolute atomic E-state index is 5.90. The fraction of sp³-hybridized carbons (Fsp3) is 0.600. The summed E-state index contributed by atoms with van der Waals surface area (Å²) in [6.07, 6.45) is 2.55. The number of unbranched alkanes of at least 4 members (excludes halogenated alkanes) is 1. The highest BCUT2D eigenvalue weighted by Crippen LogP contribution is 2.34. The van der Waals surface area contributed by atoms with Gasteiger partial charge in [0.05, 0.1) is 0 Å². The third kappa shape index (κ3) is 2.63. The molecule has 1 aromatic carbocycles. The van der Waals surface area contributed by atoms with Gasteiger partial charge in [-0.3, -0.25) is 4.90 Å². The Hall–Kier alpha value is -1.02. The van der Waals surface area contributed by atoms with Crippen molar-refractivity contribution in [2.24, 2.45) is 0 Å². The zero-order valence-electron chi connectivity index (χ0n) is 11.3. The fourth-order valence-electron chi connectivity index (χ4n) is 2.89. The van der Waals surface area contributed by atoms with Crippen molar-refractivity contribution in [2.45, 2.75) is 45.6 Å². The van der Waals surface area contributed by atoms with Gasteiger partial charge in [-0.05, 0) is 36.2 Å². The van der Waals surface area contributed by atoms with Crippen LogP contribution in [-0.2, 0) is 12.0 Å². The molecule has 94 valence electrons. The largest absolute Gasteiger partial charge is 0.399 e. The van der Waals surface area contributed by atoms with Gasteiger partial charge in [0.15, 0.2) is 0 Å². The van der Waals surface area contributed by atoms with E-state index in [4.69, 9.17) is 5.73 Å². The summed E-state index contributed by atoms with van der Waals surface area (Å²) in [5.41, 5.74) is 9.91. The Bertz CT molecular complexity index is 396. The van der Waals surface area contributed by atoms with E-state index in [1.807, 2.05) is 6.07 Å². The van der Waals surface area contributed by atoms with E-state index in [1.165, 1.54) is 30.5 Å². The van der Waals surface area contributed by atoms with E-state index in [1.54, 1.807) is 0 Å². The number of hydrogen-bond donors (Lipinski definition) is 1. The minimum absolute atomic E-state index is 0.245. The number of hydrogen-bond acceptors (Lipinski definition) is 2. The van der Waals surface area contributed by atoms with Crippen molar-refractivity contribution in [3.8, 4) is 0 Å². The molecule has 0 aliphatic carbocycles. The second-order valence-corrected chi connectivity index (χ2v) is 5.86. The third-order valence-electron chi connectivity index (χ3n) is 3.70. The first kappa shape index (κ1) is 12.4. The molecule has 0 spiro atoms. The molecule has 0 unspecified atom stereocenters. The molecule has 0 saturated carbocycles. The molecule has 17 heavy (non-hydrogen) atoms. The smallest absolute Gasteiger partial charge is 0.0317 e. The van der Waals surface area contributed by atoms with Crippen LogP contribution in [0.15, 0.2) is 18.2 Å². The van der Waals surface area contributed by atoms with Gasteiger partial charge in [0, 0.05) is 24.2 Å². The van der Waals surface area contributed by atoms with Gasteiger partial charge in [0.2, 0.25) is 0 Å². The van der Waals surface area contributed by atoms with Gasteiger partial charge in [0.1, 0.15) is 0 Å². The Kier molecular flexibility index (Phi) is 3.43. The molecule has 0 bridgehead atoms. The van der Waals surface area contributed by atoms with E-state index in [9.17, 15) is 0 Å². The number of nitrogen functional groups attached to an aromatic ring is 1. The number of fused-ring (bicyclic) bond motifs is 1. The highest BCUT2D eigenvalue weighted by atomic mass is 15.1. The molecular weight excluding hydrogens is 208 g/mol. The molecule has 0 atom stereocenters. The zero-order chi connectivity index (χ0) is 12.5. The minimum Gasteiger partial charge on any atom is -0.399 e. The Labute approximate surface area is 105 Å². The Morgan fingerprint density at radius 1 is 1.35 bits per heavy atom. The van der Waals surface area contributed by atoms with Crippen LogP contribution in [0.1, 0.15) is 44.7 Å². The van der Waals surface area contributed by atoms with Crippen LogP contribution in [0.4, 0.5) is 5.69 Å². The molecule has 2 rings (SSSR count). The maximum Gasteiger partial charge on any atom is 0.0317 e. The van der Waals surface area contributed by atoms with Gasteiger partial charge in [-0.15, -0.1) is 0 Å². The number of nitrogens with two attached hydrogens (primary N) is 1. The van der Waals surface area contributed by atoms with E-state index >= 15 is 0 Å². The highest BCUT2D eigenvalue weighted by molar-refractivity contribution is 5.48. The van der Waals surface area contributed by atoms with E-state index < -0.39 is 0 Å². The molecule has 0 radical (unpaired) electrons. The molecule has 1 aliphatic rings. The fourth-order valence-corrected chi connectivity index (χ4v) is 2.89. The molecule has 1 heterocycles. The summed E-state index contributed by atoms with van der Waals surface area (Å²) >= 11 is 0. The van der Waals surface area contributed by atoms with Crippen LogP contribution in [0.5, 0.6) is 0 Å². The van der Waals surface area contributed by atoms with Gasteiger partial charge >= 0.3 is 0 Å². The van der Waals surface area contributed by atoms with Crippen LogP contribution < -0.4 is 5.73 Å². The Balaban J connectivity index is 2.25. The Morgan fingerprint density at radius 3 is 2.82 bits per heavy atom. The summed E-state index contributed by atoms with van der Waals surface area (Å²) in [5.74, 6) is 0. The first-order valence-corrected chi connectivity index (χ1v) is 6.64. The summed E-state index contributed by atoms with van der Waals surface area (Å²) < 4.78 is 0. The average Bonchev–Trinajstić information content (AvgIpc) is 2.24. The summed E-state index contributed by atoms with van der Waals surface area (Å²) in [6.45, 7) is 10.3. The van der Waals surface area contributed by atoms with Crippen molar-refractivity contribution < 1.29 is 0 Å². The molecule has 1 aromatic rings. The van der Waals surface area contributed by atoms with E-state index in [0.717, 1.165) is 18.8 Å². The highest BCUT2D eigenvalue weighted by Gasteiger charge is 2.31. The SMILES string of the molecule is CCCCN1Cc2cc(N)ccc2C(C)(C)C1. The number of nitrogens with zero attached hydrogens (tertiary/aromatic N) is 1. The van der Waals surface area contributed by atoms with Crippen molar-refractivity contribution in [3.05, 3.63) is 29.3 Å². The molecule has 2 N–H and O–H groups in total. The number of anilines is 1. The lowest BCUT2D eigenvalue weighted by Crippen LogP contribution is -2.42. The molecule has 1 aliphatic heterocycles. The predicted molar refractivity (Wildman–Crippen MR) is 74.1 cm³/mol. The van der Waals surface area contributed by atoms with Crippen molar-refractivity contribution in [3.63, 3.8) is 0 Å². The maximum atomic E-state index is 5.90. The summed E-state index contributed by atoms with van der Waals surface area (Å²) in [5, 5.41) is 0. The quantitative estimate of drug-likeness (QED) is 0.811. The van der Waals surface area contributed by atoms with Crippen LogP contribution in [0.3, 0.4) is 0 Å². The van der Waals surface area contributed by atoms with Crippen LogP contribution in [0.2, 0.25) is 0 Å². The second kappa shape index (κ2) is 4.69. The normalized spacial score (nSPS) is 19.0. The molecule has 2 nitrogen and oxygen atoms in total. The molecule has 0 amide bonds. The van der Waals surface area contributed by atoms with Gasteiger partial charge in [-0.2, -0.15) is 0 Å². The lowest BCUT2D eigenvalue weighted by atomic mass is 9.78. The first-order valence-electron chi connectivity index (χ1n) is 6.64. The molecular formula is C15H24N2. The third-order valence-corrected chi connectivity index (χ3v) is 3.70. The van der Waals surface area contributed by atoms with Gasteiger partial charge in [-0.25, -0.2) is 0 Å². The van der Waals surface area contributed by atoms with Crippen LogP contribution in [-0.4, -0.2) is 18.0 Å². The first-order chi connectivity index (χ1) is 8.03. The van der Waals surface area contributed by atoms with Gasteiger partial charge in [0.25, 0.3) is 0 Å².